The fourth-order valence-corrected chi connectivity index (χ4v) is 2.80. The number of carbonyl (C=O) groups is 1. The van der Waals surface area contributed by atoms with Gasteiger partial charge in [0.25, 0.3) is 0 Å². The van der Waals surface area contributed by atoms with E-state index in [1.165, 1.54) is 0 Å². The molecule has 1 unspecified atom stereocenters. The van der Waals surface area contributed by atoms with Crippen LogP contribution < -0.4 is 0 Å². The predicted octanol–water partition coefficient (Wildman–Crippen LogP) is 2.12. The summed E-state index contributed by atoms with van der Waals surface area (Å²) in [4.78, 5) is 16.3. The topological polar surface area (TPSA) is 47.3 Å². The van der Waals surface area contributed by atoms with Gasteiger partial charge in [0.1, 0.15) is 0 Å². The first-order valence-electron chi connectivity index (χ1n) is 7.19. The lowest BCUT2D eigenvalue weighted by atomic mass is 9.84. The highest BCUT2D eigenvalue weighted by Gasteiger charge is 2.23. The second-order valence-electron chi connectivity index (χ2n) is 6.89. The summed E-state index contributed by atoms with van der Waals surface area (Å²) in [5, 5.41) is 8.65. The minimum absolute atomic E-state index is 0.272. The van der Waals surface area contributed by atoms with E-state index in [2.05, 4.69) is 38.7 Å². The van der Waals surface area contributed by atoms with Gasteiger partial charge in [-0.15, -0.1) is 0 Å². The van der Waals surface area contributed by atoms with Crippen LogP contribution in [0.15, 0.2) is 0 Å². The van der Waals surface area contributed by atoms with Crippen LogP contribution in [-0.2, 0) is 4.79 Å². The molecule has 4 heteroatoms. The first kappa shape index (κ1) is 16.0. The molecule has 0 aromatic heterocycles. The SMILES string of the molecule is CC(CC(=O)N1CCN(CC#N)CC1)CC(C)(C)C. The molecule has 0 aromatic rings. The quantitative estimate of drug-likeness (QED) is 0.731. The maximum Gasteiger partial charge on any atom is 0.222 e. The zero-order valence-corrected chi connectivity index (χ0v) is 12.8. The highest BCUT2D eigenvalue weighted by Crippen LogP contribution is 2.26. The van der Waals surface area contributed by atoms with Crippen molar-refractivity contribution in [1.82, 2.24) is 9.80 Å². The molecular weight excluding hydrogens is 238 g/mol. The van der Waals surface area contributed by atoms with E-state index in [-0.39, 0.29) is 11.3 Å². The fourth-order valence-electron chi connectivity index (χ4n) is 2.80. The van der Waals surface area contributed by atoms with Crippen LogP contribution >= 0.6 is 0 Å². The molecular formula is C15H27N3O. The molecule has 4 nitrogen and oxygen atoms in total. The smallest absolute Gasteiger partial charge is 0.222 e. The third-order valence-corrected chi connectivity index (χ3v) is 3.50. The summed E-state index contributed by atoms with van der Waals surface area (Å²) in [6.07, 6.45) is 1.72. The predicted molar refractivity (Wildman–Crippen MR) is 76.5 cm³/mol. The molecule has 0 bridgehead atoms. The lowest BCUT2D eigenvalue weighted by Gasteiger charge is -2.34. The monoisotopic (exact) mass is 265 g/mol. The Morgan fingerprint density at radius 1 is 1.26 bits per heavy atom. The van der Waals surface area contributed by atoms with E-state index < -0.39 is 0 Å². The van der Waals surface area contributed by atoms with Crippen molar-refractivity contribution in [1.29, 1.82) is 5.26 Å². The minimum Gasteiger partial charge on any atom is -0.340 e. The Bertz CT molecular complexity index is 332. The van der Waals surface area contributed by atoms with Gasteiger partial charge in [0.15, 0.2) is 0 Å². The Labute approximate surface area is 117 Å². The number of nitriles is 1. The Morgan fingerprint density at radius 3 is 2.32 bits per heavy atom. The van der Waals surface area contributed by atoms with E-state index in [0.29, 0.717) is 18.9 Å². The Balaban J connectivity index is 2.33. The van der Waals surface area contributed by atoms with Crippen molar-refractivity contribution in [3.05, 3.63) is 0 Å². The van der Waals surface area contributed by atoms with Crippen LogP contribution in [0.2, 0.25) is 0 Å². The first-order valence-corrected chi connectivity index (χ1v) is 7.19. The molecule has 1 aliphatic rings. The minimum atomic E-state index is 0.272. The van der Waals surface area contributed by atoms with Crippen LogP contribution in [0.4, 0.5) is 0 Å². The van der Waals surface area contributed by atoms with E-state index in [1.807, 2.05) is 4.90 Å². The largest absolute Gasteiger partial charge is 0.340 e. The molecule has 0 radical (unpaired) electrons. The number of carbonyl (C=O) groups excluding carboxylic acids is 1. The lowest BCUT2D eigenvalue weighted by Crippen LogP contribution is -2.49. The van der Waals surface area contributed by atoms with Gasteiger partial charge in [-0.05, 0) is 17.8 Å². The zero-order chi connectivity index (χ0) is 14.5. The van der Waals surface area contributed by atoms with Crippen molar-refractivity contribution in [2.24, 2.45) is 11.3 Å². The Kier molecular flexibility index (Phi) is 5.81. The molecule has 19 heavy (non-hydrogen) atoms. The number of piperazine rings is 1. The Hall–Kier alpha value is -1.08. The standard InChI is InChI=1S/C15H27N3O/c1-13(12-15(2,3)4)11-14(19)18-9-7-17(6-5-16)8-10-18/h13H,6-12H2,1-4H3. The van der Waals surface area contributed by atoms with Crippen LogP contribution in [0.1, 0.15) is 40.5 Å². The Morgan fingerprint density at radius 2 is 1.84 bits per heavy atom. The van der Waals surface area contributed by atoms with E-state index in [9.17, 15) is 4.79 Å². The third kappa shape index (κ3) is 6.07. The van der Waals surface area contributed by atoms with Gasteiger partial charge in [-0.25, -0.2) is 0 Å². The van der Waals surface area contributed by atoms with Crippen molar-refractivity contribution in [2.75, 3.05) is 32.7 Å². The van der Waals surface area contributed by atoms with E-state index in [1.54, 1.807) is 0 Å². The third-order valence-electron chi connectivity index (χ3n) is 3.50. The second kappa shape index (κ2) is 6.91. The molecule has 0 aliphatic carbocycles. The van der Waals surface area contributed by atoms with Gasteiger partial charge < -0.3 is 4.90 Å². The molecule has 1 amide bonds. The van der Waals surface area contributed by atoms with Crippen LogP contribution in [0.3, 0.4) is 0 Å². The van der Waals surface area contributed by atoms with Crippen molar-refractivity contribution in [2.45, 2.75) is 40.5 Å². The zero-order valence-electron chi connectivity index (χ0n) is 12.8. The van der Waals surface area contributed by atoms with E-state index >= 15 is 0 Å². The summed E-state index contributed by atoms with van der Waals surface area (Å²) in [5.41, 5.74) is 0.283. The van der Waals surface area contributed by atoms with E-state index in [0.717, 1.165) is 32.6 Å². The molecule has 0 N–H and O–H groups in total. The van der Waals surface area contributed by atoms with Gasteiger partial charge in [-0.1, -0.05) is 27.7 Å². The maximum atomic E-state index is 12.2. The number of hydrogen-bond acceptors (Lipinski definition) is 3. The van der Waals surface area contributed by atoms with Crippen LogP contribution in [0.25, 0.3) is 0 Å². The molecule has 1 heterocycles. The molecule has 1 atom stereocenters. The summed E-state index contributed by atoms with van der Waals surface area (Å²) in [6.45, 7) is 12.5. The molecule has 1 fully saturated rings. The number of hydrogen-bond donors (Lipinski definition) is 0. The van der Waals surface area contributed by atoms with Crippen molar-refractivity contribution in [3.8, 4) is 6.07 Å². The summed E-state index contributed by atoms with van der Waals surface area (Å²) < 4.78 is 0. The summed E-state index contributed by atoms with van der Waals surface area (Å²) >= 11 is 0. The lowest BCUT2D eigenvalue weighted by molar-refractivity contribution is -0.133. The van der Waals surface area contributed by atoms with Gasteiger partial charge in [0, 0.05) is 32.6 Å². The van der Waals surface area contributed by atoms with Gasteiger partial charge in [0.05, 0.1) is 12.6 Å². The molecule has 0 aromatic carbocycles. The number of amides is 1. The average molecular weight is 265 g/mol. The van der Waals surface area contributed by atoms with E-state index in [4.69, 9.17) is 5.26 Å². The molecule has 1 rings (SSSR count). The van der Waals surface area contributed by atoms with Crippen molar-refractivity contribution in [3.63, 3.8) is 0 Å². The first-order chi connectivity index (χ1) is 8.81. The summed E-state index contributed by atoms with van der Waals surface area (Å²) in [7, 11) is 0. The molecule has 0 saturated carbocycles. The van der Waals surface area contributed by atoms with Gasteiger partial charge in [-0.2, -0.15) is 5.26 Å². The second-order valence-corrected chi connectivity index (χ2v) is 6.89. The van der Waals surface area contributed by atoms with Crippen molar-refractivity contribution >= 4 is 5.91 Å². The molecule has 108 valence electrons. The fraction of sp³-hybridized carbons (Fsp3) is 0.867. The van der Waals surface area contributed by atoms with Crippen LogP contribution in [0, 0.1) is 22.7 Å². The number of rotatable bonds is 4. The summed E-state index contributed by atoms with van der Waals surface area (Å²) in [6, 6.07) is 2.16. The summed E-state index contributed by atoms with van der Waals surface area (Å²) in [5.74, 6) is 0.706. The van der Waals surface area contributed by atoms with Crippen molar-refractivity contribution < 1.29 is 4.79 Å². The molecule has 1 aliphatic heterocycles. The number of nitrogens with zero attached hydrogens (tertiary/aromatic N) is 3. The van der Waals surface area contributed by atoms with Gasteiger partial charge in [-0.3, -0.25) is 9.69 Å². The normalized spacial score (nSPS) is 19.0. The average Bonchev–Trinajstić information content (AvgIpc) is 2.27. The highest BCUT2D eigenvalue weighted by atomic mass is 16.2. The highest BCUT2D eigenvalue weighted by molar-refractivity contribution is 5.76. The van der Waals surface area contributed by atoms with Crippen LogP contribution in [0.5, 0.6) is 0 Å². The van der Waals surface area contributed by atoms with Crippen LogP contribution in [-0.4, -0.2) is 48.4 Å². The molecule has 1 saturated heterocycles. The maximum absolute atomic E-state index is 12.2. The van der Waals surface area contributed by atoms with Gasteiger partial charge in [0.2, 0.25) is 5.91 Å². The van der Waals surface area contributed by atoms with Gasteiger partial charge >= 0.3 is 0 Å². The molecule has 0 spiro atoms.